The van der Waals surface area contributed by atoms with Crippen LogP contribution in [-0.2, 0) is 10.1 Å². The number of alkyl halides is 3. The van der Waals surface area contributed by atoms with E-state index in [9.17, 15) is 30.8 Å². The minimum Gasteiger partial charge on any atom is -0.423 e. The van der Waals surface area contributed by atoms with Crippen molar-refractivity contribution >= 4 is 21.1 Å². The third-order valence-corrected chi connectivity index (χ3v) is 4.34. The third kappa shape index (κ3) is 3.40. The summed E-state index contributed by atoms with van der Waals surface area (Å²) in [5.41, 5.74) is -5.82. The lowest BCUT2D eigenvalue weighted by atomic mass is 10.0. The SMILES string of the molecule is O=c1cc(-c2ccc(F)cc2)c2ccc(OS(=O)(=O)C(F)(F)F)cc2o1. The maximum Gasteiger partial charge on any atom is 0.534 e. The smallest absolute Gasteiger partial charge is 0.423 e. The third-order valence-electron chi connectivity index (χ3n) is 3.36. The van der Waals surface area contributed by atoms with Crippen LogP contribution in [0.3, 0.4) is 0 Å². The molecule has 0 N–H and O–H groups in total. The molecule has 10 heteroatoms. The molecule has 0 radical (unpaired) electrons. The molecule has 0 atom stereocenters. The first kappa shape index (κ1) is 17.9. The first-order valence-electron chi connectivity index (χ1n) is 6.91. The summed E-state index contributed by atoms with van der Waals surface area (Å²) in [6.07, 6.45) is 0. The number of benzene rings is 2. The van der Waals surface area contributed by atoms with Crippen molar-refractivity contribution < 1.29 is 34.6 Å². The van der Waals surface area contributed by atoms with Crippen LogP contribution in [0.1, 0.15) is 0 Å². The summed E-state index contributed by atoms with van der Waals surface area (Å²) in [5.74, 6) is -1.16. The Kier molecular flexibility index (Phi) is 4.23. The fraction of sp³-hybridized carbons (Fsp3) is 0.0625. The van der Waals surface area contributed by atoms with E-state index in [1.807, 2.05) is 0 Å². The molecule has 0 fully saturated rings. The van der Waals surface area contributed by atoms with E-state index in [2.05, 4.69) is 4.18 Å². The highest BCUT2D eigenvalue weighted by Gasteiger charge is 2.48. The van der Waals surface area contributed by atoms with Gasteiger partial charge in [0.05, 0.1) is 0 Å². The second-order valence-corrected chi connectivity index (χ2v) is 6.66. The quantitative estimate of drug-likeness (QED) is 0.295. The molecular formula is C16H8F4O5S. The van der Waals surface area contributed by atoms with Gasteiger partial charge in [-0.3, -0.25) is 0 Å². The topological polar surface area (TPSA) is 73.6 Å². The van der Waals surface area contributed by atoms with Gasteiger partial charge in [-0.15, -0.1) is 0 Å². The molecule has 0 aliphatic carbocycles. The van der Waals surface area contributed by atoms with Crippen molar-refractivity contribution in [1.82, 2.24) is 0 Å². The minimum atomic E-state index is -5.86. The Morgan fingerprint density at radius 1 is 0.962 bits per heavy atom. The minimum absolute atomic E-state index is 0.188. The second kappa shape index (κ2) is 6.13. The molecule has 0 saturated carbocycles. The van der Waals surface area contributed by atoms with Crippen molar-refractivity contribution in [2.24, 2.45) is 0 Å². The van der Waals surface area contributed by atoms with Gasteiger partial charge >= 0.3 is 21.3 Å². The maximum atomic E-state index is 13.1. The van der Waals surface area contributed by atoms with Crippen LogP contribution in [0.4, 0.5) is 17.6 Å². The molecule has 3 rings (SSSR count). The zero-order chi connectivity index (χ0) is 19.1. The van der Waals surface area contributed by atoms with Gasteiger partial charge in [0.25, 0.3) is 0 Å². The van der Waals surface area contributed by atoms with Gasteiger partial charge in [0, 0.05) is 17.5 Å². The van der Waals surface area contributed by atoms with Gasteiger partial charge in [0.1, 0.15) is 17.1 Å². The van der Waals surface area contributed by atoms with Crippen LogP contribution < -0.4 is 9.81 Å². The summed E-state index contributed by atoms with van der Waals surface area (Å²) >= 11 is 0. The van der Waals surface area contributed by atoms with Gasteiger partial charge in [-0.25, -0.2) is 9.18 Å². The molecule has 2 aromatic carbocycles. The lowest BCUT2D eigenvalue weighted by Crippen LogP contribution is -2.28. The highest BCUT2D eigenvalue weighted by molar-refractivity contribution is 7.88. The van der Waals surface area contributed by atoms with E-state index in [1.165, 1.54) is 30.3 Å². The van der Waals surface area contributed by atoms with E-state index in [1.54, 1.807) is 0 Å². The van der Waals surface area contributed by atoms with Crippen LogP contribution in [-0.4, -0.2) is 13.9 Å². The zero-order valence-electron chi connectivity index (χ0n) is 12.6. The van der Waals surface area contributed by atoms with E-state index in [0.717, 1.165) is 18.2 Å². The Bertz CT molecular complexity index is 1130. The summed E-state index contributed by atoms with van der Waals surface area (Å²) in [5, 5.41) is 0.299. The first-order chi connectivity index (χ1) is 12.1. The van der Waals surface area contributed by atoms with Crippen LogP contribution in [0.15, 0.2) is 57.7 Å². The monoisotopic (exact) mass is 388 g/mol. The van der Waals surface area contributed by atoms with Gasteiger partial charge in [-0.05, 0) is 35.4 Å². The summed E-state index contributed by atoms with van der Waals surface area (Å²) in [6.45, 7) is 0. The molecule has 0 saturated heterocycles. The molecule has 0 unspecified atom stereocenters. The second-order valence-electron chi connectivity index (χ2n) is 5.13. The Morgan fingerprint density at radius 2 is 1.62 bits per heavy atom. The molecule has 0 aliphatic heterocycles. The van der Waals surface area contributed by atoms with Crippen molar-refractivity contribution in [2.75, 3.05) is 0 Å². The number of halogens is 4. The van der Waals surface area contributed by atoms with Crippen molar-refractivity contribution in [3.8, 4) is 16.9 Å². The predicted octanol–water partition coefficient (Wildman–Crippen LogP) is 3.83. The predicted molar refractivity (Wildman–Crippen MR) is 83.5 cm³/mol. The number of rotatable bonds is 3. The summed E-state index contributed by atoms with van der Waals surface area (Å²) in [7, 11) is -5.86. The van der Waals surface area contributed by atoms with Crippen molar-refractivity contribution in [1.29, 1.82) is 0 Å². The van der Waals surface area contributed by atoms with Gasteiger partial charge in [-0.1, -0.05) is 12.1 Å². The van der Waals surface area contributed by atoms with Gasteiger partial charge in [0.15, 0.2) is 0 Å². The van der Waals surface area contributed by atoms with Crippen LogP contribution in [0.2, 0.25) is 0 Å². The Labute approximate surface area is 143 Å². The standard InChI is InChI=1S/C16H8F4O5S/c17-10-3-1-9(2-4-10)13-8-15(21)24-14-7-11(5-6-12(13)14)25-26(22,23)16(18,19)20/h1-8H. The van der Waals surface area contributed by atoms with Crippen molar-refractivity contribution in [2.45, 2.75) is 5.51 Å². The molecule has 0 aliphatic rings. The van der Waals surface area contributed by atoms with E-state index >= 15 is 0 Å². The van der Waals surface area contributed by atoms with Gasteiger partial charge < -0.3 is 8.60 Å². The first-order valence-corrected chi connectivity index (χ1v) is 8.32. The largest absolute Gasteiger partial charge is 0.534 e. The number of fused-ring (bicyclic) bond motifs is 1. The molecule has 0 spiro atoms. The highest BCUT2D eigenvalue weighted by Crippen LogP contribution is 2.32. The molecule has 0 bridgehead atoms. The lowest BCUT2D eigenvalue weighted by molar-refractivity contribution is -0.0500. The van der Waals surface area contributed by atoms with Gasteiger partial charge in [-0.2, -0.15) is 21.6 Å². The van der Waals surface area contributed by atoms with Crippen LogP contribution in [0, 0.1) is 5.82 Å². The average Bonchev–Trinajstić information content (AvgIpc) is 2.53. The Morgan fingerprint density at radius 3 is 2.23 bits per heavy atom. The molecule has 0 amide bonds. The van der Waals surface area contributed by atoms with Crippen LogP contribution in [0.5, 0.6) is 5.75 Å². The molecule has 1 heterocycles. The van der Waals surface area contributed by atoms with E-state index in [0.29, 0.717) is 16.5 Å². The Balaban J connectivity index is 2.12. The van der Waals surface area contributed by atoms with Crippen LogP contribution >= 0.6 is 0 Å². The van der Waals surface area contributed by atoms with E-state index < -0.39 is 32.8 Å². The summed E-state index contributed by atoms with van der Waals surface area (Å²) in [4.78, 5) is 11.7. The number of hydrogen-bond acceptors (Lipinski definition) is 5. The average molecular weight is 388 g/mol. The van der Waals surface area contributed by atoms with E-state index in [4.69, 9.17) is 4.42 Å². The molecule has 26 heavy (non-hydrogen) atoms. The van der Waals surface area contributed by atoms with Crippen molar-refractivity contribution in [3.05, 3.63) is 64.8 Å². The van der Waals surface area contributed by atoms with E-state index in [-0.39, 0.29) is 5.58 Å². The van der Waals surface area contributed by atoms with Gasteiger partial charge in [0.2, 0.25) is 0 Å². The van der Waals surface area contributed by atoms with Crippen molar-refractivity contribution in [3.63, 3.8) is 0 Å². The highest BCUT2D eigenvalue weighted by atomic mass is 32.2. The molecule has 3 aromatic rings. The maximum absolute atomic E-state index is 13.1. The van der Waals surface area contributed by atoms with Crippen LogP contribution in [0.25, 0.3) is 22.1 Å². The molecule has 5 nitrogen and oxygen atoms in total. The fourth-order valence-corrected chi connectivity index (χ4v) is 2.69. The fourth-order valence-electron chi connectivity index (χ4n) is 2.24. The normalized spacial score (nSPS) is 12.3. The molecule has 1 aromatic heterocycles. The summed E-state index contributed by atoms with van der Waals surface area (Å²) in [6, 6.07) is 9.35. The lowest BCUT2D eigenvalue weighted by Gasteiger charge is -2.10. The Hall–Kier alpha value is -2.88. The number of hydrogen-bond donors (Lipinski definition) is 0. The summed E-state index contributed by atoms with van der Waals surface area (Å²) < 4.78 is 81.3. The zero-order valence-corrected chi connectivity index (χ0v) is 13.4. The molecule has 136 valence electrons. The molecular weight excluding hydrogens is 380 g/mol.